The topological polar surface area (TPSA) is 38.8 Å². The first-order valence-corrected chi connectivity index (χ1v) is 7.81. The second-order valence-electron chi connectivity index (χ2n) is 6.39. The summed E-state index contributed by atoms with van der Waals surface area (Å²) in [5.41, 5.74) is 0.928. The molecule has 2 fully saturated rings. The average molecular weight is 325 g/mol. The van der Waals surface area contributed by atoms with Crippen molar-refractivity contribution in [1.82, 2.24) is 4.90 Å². The van der Waals surface area contributed by atoms with Gasteiger partial charge in [-0.15, -0.1) is 0 Å². The van der Waals surface area contributed by atoms with Gasteiger partial charge < -0.3 is 14.4 Å². The zero-order chi connectivity index (χ0) is 16.6. The fraction of sp³-hybridized carbons (Fsp3) is 0.588. The number of halogens is 2. The molecular formula is C17H21F2NO3. The molecule has 0 spiro atoms. The molecule has 1 aromatic rings. The Labute approximate surface area is 134 Å². The molecule has 0 N–H and O–H groups in total. The first-order chi connectivity index (χ1) is 11.0. The average Bonchev–Trinajstić information content (AvgIpc) is 2.85. The molecule has 2 aliphatic rings. The van der Waals surface area contributed by atoms with E-state index < -0.39 is 6.61 Å². The summed E-state index contributed by atoms with van der Waals surface area (Å²) in [6.45, 7) is -1.96. The number of benzene rings is 1. The van der Waals surface area contributed by atoms with Gasteiger partial charge in [0.2, 0.25) is 0 Å². The zero-order valence-corrected chi connectivity index (χ0v) is 13.4. The number of hydrogen-bond acceptors (Lipinski definition) is 4. The molecule has 4 nitrogen and oxygen atoms in total. The fourth-order valence-electron chi connectivity index (χ4n) is 4.09. The van der Waals surface area contributed by atoms with Gasteiger partial charge in [0.25, 0.3) is 0 Å². The predicted molar refractivity (Wildman–Crippen MR) is 81.2 cm³/mol. The van der Waals surface area contributed by atoms with Gasteiger partial charge in [-0.25, -0.2) is 0 Å². The number of rotatable bonds is 4. The van der Waals surface area contributed by atoms with Crippen molar-refractivity contribution >= 4 is 5.78 Å². The van der Waals surface area contributed by atoms with E-state index in [0.717, 1.165) is 24.9 Å². The number of Topliss-reactive ketones (excluding diaryl/α,β-unsaturated/α-hetero) is 1. The third kappa shape index (κ3) is 2.80. The molecule has 0 radical (unpaired) electrons. The third-order valence-electron chi connectivity index (χ3n) is 5.31. The lowest BCUT2D eigenvalue weighted by atomic mass is 9.66. The van der Waals surface area contributed by atoms with E-state index in [2.05, 4.69) is 9.64 Å². The molecule has 0 bridgehead atoms. The predicted octanol–water partition coefficient (Wildman–Crippen LogP) is 2.99. The van der Waals surface area contributed by atoms with Crippen LogP contribution >= 0.6 is 0 Å². The summed E-state index contributed by atoms with van der Waals surface area (Å²) >= 11 is 0. The number of hydrogen-bond donors (Lipinski definition) is 0. The van der Waals surface area contributed by atoms with Crippen molar-refractivity contribution in [2.45, 2.75) is 43.8 Å². The second kappa shape index (κ2) is 6.07. The van der Waals surface area contributed by atoms with Crippen LogP contribution < -0.4 is 9.47 Å². The summed E-state index contributed by atoms with van der Waals surface area (Å²) in [7, 11) is 3.48. The number of carbonyl (C=O) groups is 1. The molecule has 2 atom stereocenters. The van der Waals surface area contributed by atoms with E-state index >= 15 is 0 Å². The normalized spacial score (nSPS) is 28.0. The molecule has 0 unspecified atom stereocenters. The van der Waals surface area contributed by atoms with Crippen molar-refractivity contribution in [3.63, 3.8) is 0 Å². The minimum absolute atomic E-state index is 0.0393. The highest BCUT2D eigenvalue weighted by Gasteiger charge is 2.50. The van der Waals surface area contributed by atoms with Crippen LogP contribution in [0.1, 0.15) is 31.2 Å². The first kappa shape index (κ1) is 16.2. The van der Waals surface area contributed by atoms with E-state index in [1.165, 1.54) is 7.11 Å². The Kier molecular flexibility index (Phi) is 4.27. The Morgan fingerprint density at radius 3 is 2.78 bits per heavy atom. The largest absolute Gasteiger partial charge is 0.493 e. The monoisotopic (exact) mass is 325 g/mol. The Morgan fingerprint density at radius 2 is 2.09 bits per heavy atom. The molecule has 1 aromatic carbocycles. The van der Waals surface area contributed by atoms with E-state index in [1.54, 1.807) is 12.1 Å². The number of likely N-dealkylation sites (tertiary alicyclic amines) is 1. The molecule has 6 heteroatoms. The van der Waals surface area contributed by atoms with Gasteiger partial charge in [0.15, 0.2) is 11.5 Å². The van der Waals surface area contributed by atoms with Crippen LogP contribution in [-0.2, 0) is 10.2 Å². The van der Waals surface area contributed by atoms with Gasteiger partial charge in [0.1, 0.15) is 5.78 Å². The Bertz CT molecular complexity index is 608. The molecule has 126 valence electrons. The number of fused-ring (bicyclic) bond motifs is 1. The smallest absolute Gasteiger partial charge is 0.387 e. The van der Waals surface area contributed by atoms with Crippen LogP contribution in [0.5, 0.6) is 11.5 Å². The molecule has 1 saturated carbocycles. The summed E-state index contributed by atoms with van der Waals surface area (Å²) in [6, 6.07) is 5.33. The summed E-state index contributed by atoms with van der Waals surface area (Å²) in [5.74, 6) is 0.642. The summed E-state index contributed by atoms with van der Waals surface area (Å²) < 4.78 is 34.7. The summed E-state index contributed by atoms with van der Waals surface area (Å²) in [4.78, 5) is 14.1. The van der Waals surface area contributed by atoms with Gasteiger partial charge in [-0.05, 0) is 44.1 Å². The standard InChI is InChI=1S/C17H21F2NO3/c1-20-8-7-17(6-5-12(21)10-15(17)20)11-3-4-13(23-16(18)19)14(9-11)22-2/h3-4,9,15-16H,5-8,10H2,1-2H3/t15-,17+/m1/s1. The minimum atomic E-state index is -2.88. The molecule has 23 heavy (non-hydrogen) atoms. The fourth-order valence-corrected chi connectivity index (χ4v) is 4.09. The zero-order valence-electron chi connectivity index (χ0n) is 13.4. The molecule has 1 aliphatic heterocycles. The summed E-state index contributed by atoms with van der Waals surface area (Å²) in [6.07, 6.45) is 2.87. The maximum absolute atomic E-state index is 12.5. The lowest BCUT2D eigenvalue weighted by Gasteiger charge is -2.41. The lowest BCUT2D eigenvalue weighted by Crippen LogP contribution is -2.46. The van der Waals surface area contributed by atoms with Crippen LogP contribution in [0.3, 0.4) is 0 Å². The Balaban J connectivity index is 1.98. The highest BCUT2D eigenvalue weighted by Crippen LogP contribution is 2.49. The van der Waals surface area contributed by atoms with Crippen molar-refractivity contribution in [3.05, 3.63) is 23.8 Å². The number of carbonyl (C=O) groups excluding carboxylic acids is 1. The second-order valence-corrected chi connectivity index (χ2v) is 6.39. The number of ether oxygens (including phenoxy) is 2. The molecule has 1 saturated heterocycles. The number of alkyl halides is 2. The van der Waals surface area contributed by atoms with Crippen molar-refractivity contribution in [1.29, 1.82) is 0 Å². The van der Waals surface area contributed by atoms with Crippen molar-refractivity contribution < 1.29 is 23.0 Å². The van der Waals surface area contributed by atoms with Gasteiger partial charge in [0, 0.05) is 24.3 Å². The van der Waals surface area contributed by atoms with Gasteiger partial charge in [-0.3, -0.25) is 4.79 Å². The van der Waals surface area contributed by atoms with Crippen LogP contribution in [0.4, 0.5) is 8.78 Å². The van der Waals surface area contributed by atoms with Gasteiger partial charge in [-0.2, -0.15) is 8.78 Å². The van der Waals surface area contributed by atoms with Crippen LogP contribution in [0.2, 0.25) is 0 Å². The Hall–Kier alpha value is -1.69. The van der Waals surface area contributed by atoms with Crippen molar-refractivity contribution in [2.24, 2.45) is 0 Å². The number of methoxy groups -OCH3 is 1. The van der Waals surface area contributed by atoms with Gasteiger partial charge >= 0.3 is 6.61 Å². The maximum atomic E-state index is 12.5. The lowest BCUT2D eigenvalue weighted by molar-refractivity contribution is -0.122. The molecule has 3 rings (SSSR count). The van der Waals surface area contributed by atoms with Crippen LogP contribution in [0, 0.1) is 0 Å². The van der Waals surface area contributed by atoms with Crippen molar-refractivity contribution in [2.75, 3.05) is 20.7 Å². The van der Waals surface area contributed by atoms with Gasteiger partial charge in [0.05, 0.1) is 7.11 Å². The van der Waals surface area contributed by atoms with Crippen LogP contribution in [0.15, 0.2) is 18.2 Å². The minimum Gasteiger partial charge on any atom is -0.493 e. The first-order valence-electron chi connectivity index (χ1n) is 7.81. The number of nitrogens with zero attached hydrogens (tertiary/aromatic N) is 1. The SMILES string of the molecule is COc1cc([C@@]23CCC(=O)C[C@H]2N(C)CC3)ccc1OC(F)F. The van der Waals surface area contributed by atoms with E-state index in [1.807, 2.05) is 13.1 Å². The van der Waals surface area contributed by atoms with E-state index in [0.29, 0.717) is 24.4 Å². The number of ketones is 1. The maximum Gasteiger partial charge on any atom is 0.387 e. The van der Waals surface area contributed by atoms with E-state index in [4.69, 9.17) is 4.74 Å². The quantitative estimate of drug-likeness (QED) is 0.853. The highest BCUT2D eigenvalue weighted by atomic mass is 19.3. The number of likely N-dealkylation sites (N-methyl/N-ethyl adjacent to an activating group) is 1. The summed E-state index contributed by atoms with van der Waals surface area (Å²) in [5, 5.41) is 0. The van der Waals surface area contributed by atoms with Crippen molar-refractivity contribution in [3.8, 4) is 11.5 Å². The molecule has 0 aromatic heterocycles. The molecular weight excluding hydrogens is 304 g/mol. The molecule has 1 aliphatic carbocycles. The van der Waals surface area contributed by atoms with Crippen LogP contribution in [0.25, 0.3) is 0 Å². The van der Waals surface area contributed by atoms with E-state index in [9.17, 15) is 13.6 Å². The van der Waals surface area contributed by atoms with Crippen LogP contribution in [-0.4, -0.2) is 44.0 Å². The highest BCUT2D eigenvalue weighted by molar-refractivity contribution is 5.81. The Morgan fingerprint density at radius 1 is 1.30 bits per heavy atom. The molecule has 0 amide bonds. The van der Waals surface area contributed by atoms with Gasteiger partial charge in [-0.1, -0.05) is 6.07 Å². The third-order valence-corrected chi connectivity index (χ3v) is 5.31. The van der Waals surface area contributed by atoms with E-state index in [-0.39, 0.29) is 17.2 Å². The molecule has 1 heterocycles.